The first-order valence-corrected chi connectivity index (χ1v) is 5.70. The molecule has 9 heteroatoms. The molecule has 1 heterocycles. The molecule has 0 aromatic carbocycles. The van der Waals surface area contributed by atoms with Gasteiger partial charge in [0.1, 0.15) is 5.92 Å². The lowest BCUT2D eigenvalue weighted by atomic mass is 10.1. The summed E-state index contributed by atoms with van der Waals surface area (Å²) in [6, 6.07) is 0. The Morgan fingerprint density at radius 3 is 2.53 bits per heavy atom. The number of halogens is 1. The van der Waals surface area contributed by atoms with Crippen molar-refractivity contribution in [3.8, 4) is 0 Å². The van der Waals surface area contributed by atoms with Crippen LogP contribution in [0.3, 0.4) is 0 Å². The van der Waals surface area contributed by atoms with Gasteiger partial charge < -0.3 is 0 Å². The number of thioether (sulfide) groups is 1. The standard InChI is InChI=1S/C6H4FNO5S2/c7-15(12,13)8-5(10)3-1-2-4(9)14-6(3)11/h1-3H,(H,8,10). The molecule has 0 fully saturated rings. The van der Waals surface area contributed by atoms with E-state index < -0.39 is 32.5 Å². The largest absolute Gasteiger partial charge is 0.399 e. The highest BCUT2D eigenvalue weighted by Gasteiger charge is 2.31. The molecule has 82 valence electrons. The molecule has 0 aromatic rings. The number of amides is 1. The van der Waals surface area contributed by atoms with Crippen molar-refractivity contribution in [2.24, 2.45) is 5.92 Å². The first-order valence-electron chi connectivity index (χ1n) is 3.50. The van der Waals surface area contributed by atoms with Crippen molar-refractivity contribution in [1.29, 1.82) is 0 Å². The highest BCUT2D eigenvalue weighted by atomic mass is 32.3. The predicted molar refractivity (Wildman–Crippen MR) is 48.4 cm³/mol. The second-order valence-corrected chi connectivity index (χ2v) is 4.57. The molecule has 1 aliphatic heterocycles. The number of carbonyl (C=O) groups excluding carboxylic acids is 3. The molecule has 0 saturated carbocycles. The Balaban J connectivity index is 2.81. The van der Waals surface area contributed by atoms with E-state index >= 15 is 0 Å². The molecule has 0 saturated heterocycles. The maximum atomic E-state index is 12.0. The third-order valence-electron chi connectivity index (χ3n) is 1.38. The minimum Gasteiger partial charge on any atom is -0.285 e. The normalized spacial score (nSPS) is 21.5. The molecule has 0 radical (unpaired) electrons. The molecule has 1 rings (SSSR count). The number of rotatable bonds is 2. The zero-order valence-corrected chi connectivity index (χ0v) is 8.60. The molecular formula is C6H4FNO5S2. The van der Waals surface area contributed by atoms with Crippen LogP contribution in [0.5, 0.6) is 0 Å². The summed E-state index contributed by atoms with van der Waals surface area (Å²) in [4.78, 5) is 32.7. The van der Waals surface area contributed by atoms with Crippen molar-refractivity contribution in [1.82, 2.24) is 4.72 Å². The van der Waals surface area contributed by atoms with E-state index in [1.807, 2.05) is 0 Å². The molecule has 0 bridgehead atoms. The summed E-state index contributed by atoms with van der Waals surface area (Å²) >= 11 is 0.261. The quantitative estimate of drug-likeness (QED) is 0.515. The van der Waals surface area contributed by atoms with Crippen LogP contribution < -0.4 is 4.72 Å². The Kier molecular flexibility index (Phi) is 3.25. The molecule has 0 aliphatic carbocycles. The van der Waals surface area contributed by atoms with Crippen LogP contribution >= 0.6 is 11.8 Å². The van der Waals surface area contributed by atoms with Gasteiger partial charge in [-0.25, -0.2) is 4.72 Å². The second kappa shape index (κ2) is 4.11. The van der Waals surface area contributed by atoms with Crippen molar-refractivity contribution in [3.05, 3.63) is 12.2 Å². The van der Waals surface area contributed by atoms with Crippen LogP contribution in [0.25, 0.3) is 0 Å². The SMILES string of the molecule is O=C1C=CC(C(=O)NS(=O)(=O)F)C(=O)S1. The van der Waals surface area contributed by atoms with Gasteiger partial charge in [0.2, 0.25) is 10.2 Å². The summed E-state index contributed by atoms with van der Waals surface area (Å²) in [5.41, 5.74) is 0. The smallest absolute Gasteiger partial charge is 0.285 e. The van der Waals surface area contributed by atoms with E-state index in [0.29, 0.717) is 0 Å². The first kappa shape index (κ1) is 11.9. The van der Waals surface area contributed by atoms with Crippen LogP contribution in [0.4, 0.5) is 3.89 Å². The zero-order chi connectivity index (χ0) is 11.6. The van der Waals surface area contributed by atoms with Gasteiger partial charge in [-0.2, -0.15) is 8.42 Å². The van der Waals surface area contributed by atoms with Crippen LogP contribution in [0.15, 0.2) is 12.2 Å². The van der Waals surface area contributed by atoms with Crippen LogP contribution in [-0.2, 0) is 24.8 Å². The number of nitrogens with one attached hydrogen (secondary N) is 1. The van der Waals surface area contributed by atoms with Gasteiger partial charge >= 0.3 is 10.4 Å². The summed E-state index contributed by atoms with van der Waals surface area (Å²) < 4.78 is 33.1. The van der Waals surface area contributed by atoms with Crippen molar-refractivity contribution in [2.45, 2.75) is 0 Å². The molecule has 1 amide bonds. The van der Waals surface area contributed by atoms with E-state index in [2.05, 4.69) is 0 Å². The van der Waals surface area contributed by atoms with Gasteiger partial charge in [-0.1, -0.05) is 9.96 Å². The van der Waals surface area contributed by atoms with Gasteiger partial charge in [-0.05, 0) is 17.8 Å². The summed E-state index contributed by atoms with van der Waals surface area (Å²) in [6.45, 7) is 0. The fourth-order valence-electron chi connectivity index (χ4n) is 0.828. The second-order valence-electron chi connectivity index (χ2n) is 2.48. The summed E-state index contributed by atoms with van der Waals surface area (Å²) in [6.07, 6.45) is 1.86. The van der Waals surface area contributed by atoms with Gasteiger partial charge in [0, 0.05) is 0 Å². The van der Waals surface area contributed by atoms with E-state index in [9.17, 15) is 26.7 Å². The predicted octanol–water partition coefficient (Wildman–Crippen LogP) is -0.711. The zero-order valence-electron chi connectivity index (χ0n) is 6.97. The molecule has 1 atom stereocenters. The Bertz CT molecular complexity index is 454. The van der Waals surface area contributed by atoms with Crippen LogP contribution in [0.2, 0.25) is 0 Å². The highest BCUT2D eigenvalue weighted by molar-refractivity contribution is 8.26. The molecule has 1 aliphatic rings. The number of hydrogen-bond donors (Lipinski definition) is 1. The molecule has 6 nitrogen and oxygen atoms in total. The van der Waals surface area contributed by atoms with E-state index in [4.69, 9.17) is 0 Å². The van der Waals surface area contributed by atoms with Gasteiger partial charge in [0.15, 0.2) is 0 Å². The molecule has 0 spiro atoms. The van der Waals surface area contributed by atoms with Gasteiger partial charge in [-0.15, -0.1) is 0 Å². The number of hydrogen-bond acceptors (Lipinski definition) is 6. The summed E-state index contributed by atoms with van der Waals surface area (Å²) in [7, 11) is -5.19. The lowest BCUT2D eigenvalue weighted by Gasteiger charge is -2.11. The van der Waals surface area contributed by atoms with E-state index in [-0.39, 0.29) is 11.8 Å². The Labute approximate surface area is 88.2 Å². The third kappa shape index (κ3) is 3.44. The molecule has 15 heavy (non-hydrogen) atoms. The van der Waals surface area contributed by atoms with Crippen LogP contribution in [-0.4, -0.2) is 24.6 Å². The molecule has 1 unspecified atom stereocenters. The molecule has 0 aromatic heterocycles. The van der Waals surface area contributed by atoms with Crippen molar-refractivity contribution in [3.63, 3.8) is 0 Å². The fourth-order valence-corrected chi connectivity index (χ4v) is 1.85. The van der Waals surface area contributed by atoms with Crippen LogP contribution in [0.1, 0.15) is 0 Å². The summed E-state index contributed by atoms with van der Waals surface area (Å²) in [5.74, 6) is -2.78. The molecule has 1 N–H and O–H groups in total. The topological polar surface area (TPSA) is 97.4 Å². The minimum absolute atomic E-state index is 0.261. The average molecular weight is 253 g/mol. The van der Waals surface area contributed by atoms with E-state index in [1.165, 1.54) is 0 Å². The summed E-state index contributed by atoms with van der Waals surface area (Å²) in [5, 5.41) is -1.41. The fraction of sp³-hybridized carbons (Fsp3) is 0.167. The van der Waals surface area contributed by atoms with Gasteiger partial charge in [-0.3, -0.25) is 14.4 Å². The van der Waals surface area contributed by atoms with Gasteiger partial charge in [0.25, 0.3) is 5.91 Å². The van der Waals surface area contributed by atoms with Crippen molar-refractivity contribution in [2.75, 3.05) is 0 Å². The first-order chi connectivity index (χ1) is 6.79. The third-order valence-corrected chi connectivity index (χ3v) is 2.62. The van der Waals surface area contributed by atoms with Crippen LogP contribution in [0, 0.1) is 5.92 Å². The Morgan fingerprint density at radius 2 is 2.07 bits per heavy atom. The average Bonchev–Trinajstić information content (AvgIpc) is 1.99. The Hall–Kier alpha value is -1.22. The lowest BCUT2D eigenvalue weighted by molar-refractivity contribution is -0.127. The van der Waals surface area contributed by atoms with Crippen molar-refractivity contribution >= 4 is 38.3 Å². The molecular weight excluding hydrogens is 249 g/mol. The highest BCUT2D eigenvalue weighted by Crippen LogP contribution is 2.20. The van der Waals surface area contributed by atoms with E-state index in [1.54, 1.807) is 0 Å². The van der Waals surface area contributed by atoms with E-state index in [0.717, 1.165) is 16.9 Å². The van der Waals surface area contributed by atoms with Crippen molar-refractivity contribution < 1.29 is 26.7 Å². The van der Waals surface area contributed by atoms with Gasteiger partial charge in [0.05, 0.1) is 0 Å². The number of carbonyl (C=O) groups is 3. The monoisotopic (exact) mass is 253 g/mol. The lowest BCUT2D eigenvalue weighted by Crippen LogP contribution is -2.36. The minimum atomic E-state index is -5.19. The maximum Gasteiger partial charge on any atom is 0.399 e. The maximum absolute atomic E-state index is 12.0. The Morgan fingerprint density at radius 1 is 1.47 bits per heavy atom.